The summed E-state index contributed by atoms with van der Waals surface area (Å²) in [4.78, 5) is 12.9. The van der Waals surface area contributed by atoms with Crippen molar-refractivity contribution in [1.29, 1.82) is 0 Å². The number of carbonyl (C=O) groups excluding carboxylic acids is 1. The Morgan fingerprint density at radius 2 is 2.25 bits per heavy atom. The number of amides is 1. The standard InChI is InChI=1S/C9H17NO2/c1-2-3-5-8-9(12)10(8)6-4-7-11/h8,11H,2-7H2,1H3. The maximum atomic E-state index is 11.1. The Morgan fingerprint density at radius 1 is 1.50 bits per heavy atom. The topological polar surface area (TPSA) is 40.3 Å². The Hall–Kier alpha value is -0.570. The minimum Gasteiger partial charge on any atom is -0.396 e. The molecular weight excluding hydrogens is 154 g/mol. The van der Waals surface area contributed by atoms with Crippen molar-refractivity contribution < 1.29 is 9.90 Å². The lowest BCUT2D eigenvalue weighted by Crippen LogP contribution is -2.05. The van der Waals surface area contributed by atoms with Crippen molar-refractivity contribution in [3.8, 4) is 0 Å². The Kier molecular flexibility index (Phi) is 3.53. The zero-order valence-electron chi connectivity index (χ0n) is 7.62. The van der Waals surface area contributed by atoms with Gasteiger partial charge in [0.25, 0.3) is 0 Å². The fourth-order valence-electron chi connectivity index (χ4n) is 1.44. The molecule has 0 aromatic carbocycles. The van der Waals surface area contributed by atoms with E-state index in [1.807, 2.05) is 4.90 Å². The van der Waals surface area contributed by atoms with Crippen molar-refractivity contribution in [3.05, 3.63) is 0 Å². The number of unbranched alkanes of at least 4 members (excludes halogenated alkanes) is 1. The third kappa shape index (κ3) is 2.21. The largest absolute Gasteiger partial charge is 0.396 e. The molecule has 0 bridgehead atoms. The van der Waals surface area contributed by atoms with Gasteiger partial charge < -0.3 is 10.0 Å². The van der Waals surface area contributed by atoms with E-state index in [-0.39, 0.29) is 18.6 Å². The van der Waals surface area contributed by atoms with Gasteiger partial charge in [-0.25, -0.2) is 0 Å². The maximum absolute atomic E-state index is 11.1. The fraction of sp³-hybridized carbons (Fsp3) is 0.889. The lowest BCUT2D eigenvalue weighted by molar-refractivity contribution is -0.114. The van der Waals surface area contributed by atoms with E-state index < -0.39 is 0 Å². The van der Waals surface area contributed by atoms with Gasteiger partial charge in [-0.3, -0.25) is 4.79 Å². The molecule has 1 heterocycles. The second-order valence-corrected chi connectivity index (χ2v) is 3.27. The summed E-state index contributed by atoms with van der Waals surface area (Å²) < 4.78 is 0. The third-order valence-corrected chi connectivity index (χ3v) is 2.26. The molecule has 1 N–H and O–H groups in total. The van der Waals surface area contributed by atoms with E-state index in [2.05, 4.69) is 6.92 Å². The molecule has 0 radical (unpaired) electrons. The molecule has 1 aliphatic heterocycles. The van der Waals surface area contributed by atoms with Crippen LogP contribution < -0.4 is 0 Å². The first-order chi connectivity index (χ1) is 5.81. The van der Waals surface area contributed by atoms with Gasteiger partial charge in [-0.1, -0.05) is 19.8 Å². The quantitative estimate of drug-likeness (QED) is 0.600. The van der Waals surface area contributed by atoms with Gasteiger partial charge in [0.15, 0.2) is 0 Å². The Labute approximate surface area is 73.4 Å². The summed E-state index contributed by atoms with van der Waals surface area (Å²) in [5, 5.41) is 8.55. The number of hydrogen-bond donors (Lipinski definition) is 1. The molecule has 1 unspecified atom stereocenters. The normalized spacial score (nSPS) is 21.7. The van der Waals surface area contributed by atoms with Crippen molar-refractivity contribution in [2.45, 2.75) is 38.6 Å². The monoisotopic (exact) mass is 171 g/mol. The lowest BCUT2D eigenvalue weighted by atomic mass is 10.2. The molecule has 0 aliphatic carbocycles. The minimum atomic E-state index is 0.185. The summed E-state index contributed by atoms with van der Waals surface area (Å²) in [5.41, 5.74) is 0. The molecule has 70 valence electrons. The highest BCUT2D eigenvalue weighted by Crippen LogP contribution is 2.24. The average molecular weight is 171 g/mol. The van der Waals surface area contributed by atoms with Crippen LogP contribution in [0.2, 0.25) is 0 Å². The number of hydrogen-bond acceptors (Lipinski definition) is 2. The number of aliphatic hydroxyl groups excluding tert-OH is 1. The number of aliphatic hydroxyl groups is 1. The van der Waals surface area contributed by atoms with Gasteiger partial charge in [-0.2, -0.15) is 0 Å². The third-order valence-electron chi connectivity index (χ3n) is 2.26. The van der Waals surface area contributed by atoms with Crippen molar-refractivity contribution >= 4 is 5.91 Å². The average Bonchev–Trinajstić information content (AvgIpc) is 2.69. The molecule has 0 spiro atoms. The summed E-state index contributed by atoms with van der Waals surface area (Å²) in [6.07, 6.45) is 4.00. The van der Waals surface area contributed by atoms with Crippen LogP contribution in [0, 0.1) is 0 Å². The predicted molar refractivity (Wildman–Crippen MR) is 46.7 cm³/mol. The van der Waals surface area contributed by atoms with Gasteiger partial charge in [0, 0.05) is 13.2 Å². The zero-order valence-corrected chi connectivity index (χ0v) is 7.62. The van der Waals surface area contributed by atoms with Gasteiger partial charge in [0.2, 0.25) is 5.91 Å². The molecule has 1 saturated heterocycles. The summed E-state index contributed by atoms with van der Waals surface area (Å²) in [6, 6.07) is 0.191. The van der Waals surface area contributed by atoms with Crippen LogP contribution in [-0.2, 0) is 4.79 Å². The van der Waals surface area contributed by atoms with Gasteiger partial charge >= 0.3 is 0 Å². The predicted octanol–water partition coefficient (Wildman–Crippen LogP) is 0.770. The Bertz CT molecular complexity index is 143. The highest BCUT2D eigenvalue weighted by Gasteiger charge is 2.43. The molecule has 12 heavy (non-hydrogen) atoms. The molecule has 1 fully saturated rings. The molecule has 3 heteroatoms. The Morgan fingerprint density at radius 3 is 2.83 bits per heavy atom. The Balaban J connectivity index is 2.10. The molecule has 1 aliphatic rings. The molecule has 0 aromatic heterocycles. The molecule has 3 nitrogen and oxygen atoms in total. The van der Waals surface area contributed by atoms with E-state index in [0.717, 1.165) is 25.8 Å². The summed E-state index contributed by atoms with van der Waals surface area (Å²) >= 11 is 0. The first-order valence-electron chi connectivity index (χ1n) is 4.72. The van der Waals surface area contributed by atoms with Gasteiger partial charge in [0.1, 0.15) is 6.04 Å². The van der Waals surface area contributed by atoms with Crippen LogP contribution >= 0.6 is 0 Å². The van der Waals surface area contributed by atoms with Crippen LogP contribution in [0.25, 0.3) is 0 Å². The second-order valence-electron chi connectivity index (χ2n) is 3.27. The molecule has 0 saturated carbocycles. The van der Waals surface area contributed by atoms with E-state index in [0.29, 0.717) is 6.42 Å². The first kappa shape index (κ1) is 9.52. The van der Waals surface area contributed by atoms with E-state index in [1.54, 1.807) is 0 Å². The number of carbonyl (C=O) groups is 1. The lowest BCUT2D eigenvalue weighted by Gasteiger charge is -1.99. The maximum Gasteiger partial charge on any atom is 0.246 e. The van der Waals surface area contributed by atoms with Crippen LogP contribution in [0.15, 0.2) is 0 Å². The van der Waals surface area contributed by atoms with Crippen LogP contribution in [0.1, 0.15) is 32.6 Å². The molecular formula is C9H17NO2. The van der Waals surface area contributed by atoms with Crippen LogP contribution in [0.4, 0.5) is 0 Å². The fourth-order valence-corrected chi connectivity index (χ4v) is 1.44. The van der Waals surface area contributed by atoms with Gasteiger partial charge in [-0.05, 0) is 12.8 Å². The molecule has 1 rings (SSSR count). The molecule has 1 atom stereocenters. The number of rotatable bonds is 6. The summed E-state index contributed by atoms with van der Waals surface area (Å²) in [7, 11) is 0. The highest BCUT2D eigenvalue weighted by molar-refractivity contribution is 5.96. The van der Waals surface area contributed by atoms with Crippen molar-refractivity contribution in [2.75, 3.05) is 13.2 Å². The van der Waals surface area contributed by atoms with Crippen LogP contribution in [0.5, 0.6) is 0 Å². The number of nitrogens with zero attached hydrogens (tertiary/aromatic N) is 1. The van der Waals surface area contributed by atoms with Gasteiger partial charge in [-0.15, -0.1) is 0 Å². The van der Waals surface area contributed by atoms with E-state index >= 15 is 0 Å². The molecule has 0 aromatic rings. The van der Waals surface area contributed by atoms with E-state index in [9.17, 15) is 4.79 Å². The summed E-state index contributed by atoms with van der Waals surface area (Å²) in [5.74, 6) is 0.275. The highest BCUT2D eigenvalue weighted by atomic mass is 16.3. The zero-order chi connectivity index (χ0) is 8.97. The minimum absolute atomic E-state index is 0.185. The van der Waals surface area contributed by atoms with E-state index in [4.69, 9.17) is 5.11 Å². The molecule has 1 amide bonds. The first-order valence-corrected chi connectivity index (χ1v) is 4.72. The second kappa shape index (κ2) is 4.45. The smallest absolute Gasteiger partial charge is 0.246 e. The van der Waals surface area contributed by atoms with E-state index in [1.165, 1.54) is 0 Å². The SMILES string of the molecule is CCCCC1C(=O)N1CCCO. The van der Waals surface area contributed by atoms with Crippen molar-refractivity contribution in [1.82, 2.24) is 4.90 Å². The van der Waals surface area contributed by atoms with Crippen molar-refractivity contribution in [3.63, 3.8) is 0 Å². The summed E-state index contributed by atoms with van der Waals surface area (Å²) in [6.45, 7) is 3.05. The van der Waals surface area contributed by atoms with Crippen LogP contribution in [0.3, 0.4) is 0 Å². The van der Waals surface area contributed by atoms with Gasteiger partial charge in [0.05, 0.1) is 0 Å². The van der Waals surface area contributed by atoms with Crippen LogP contribution in [-0.4, -0.2) is 35.1 Å². The van der Waals surface area contributed by atoms with Crippen molar-refractivity contribution in [2.24, 2.45) is 0 Å².